The van der Waals surface area contributed by atoms with Crippen LogP contribution >= 0.6 is 11.8 Å². The van der Waals surface area contributed by atoms with Crippen molar-refractivity contribution in [3.05, 3.63) is 23.0 Å². The lowest BCUT2D eigenvalue weighted by Crippen LogP contribution is -2.44. The third kappa shape index (κ3) is 3.32. The highest BCUT2D eigenvalue weighted by Crippen LogP contribution is 2.41. The Morgan fingerprint density at radius 2 is 2.21 bits per heavy atom. The molecule has 0 spiro atoms. The van der Waals surface area contributed by atoms with E-state index in [1.165, 1.54) is 12.8 Å². The third-order valence-corrected chi connectivity index (χ3v) is 7.39. The molecule has 0 bridgehead atoms. The van der Waals surface area contributed by atoms with Crippen molar-refractivity contribution in [1.82, 2.24) is 19.7 Å². The van der Waals surface area contributed by atoms with Gasteiger partial charge in [0.15, 0.2) is 5.65 Å². The number of rotatable bonds is 5. The van der Waals surface area contributed by atoms with Crippen molar-refractivity contribution in [1.29, 1.82) is 0 Å². The molecule has 2 saturated heterocycles. The average molecular weight is 401 g/mol. The molecule has 1 aliphatic carbocycles. The Kier molecular flexibility index (Phi) is 4.83. The molecule has 0 N–H and O–H groups in total. The Morgan fingerprint density at radius 1 is 1.36 bits per heavy atom. The fourth-order valence-electron chi connectivity index (χ4n) is 4.55. The zero-order chi connectivity index (χ0) is 19.3. The molecule has 6 nitrogen and oxygen atoms in total. The van der Waals surface area contributed by atoms with Gasteiger partial charge < -0.3 is 9.64 Å². The standard InChI is InChI=1S/C21H28N4O2S/c1-13-19-17(10-18(14-5-6-14)22-20(19)24(2)23-13)21(26)25(15-7-9-28-12-15)11-16-4-3-8-27-16/h10,14-16H,3-9,11-12H2,1-2H3. The van der Waals surface area contributed by atoms with Crippen LogP contribution in [0.3, 0.4) is 0 Å². The Morgan fingerprint density at radius 3 is 2.89 bits per heavy atom. The van der Waals surface area contributed by atoms with Crippen LogP contribution in [-0.2, 0) is 11.8 Å². The summed E-state index contributed by atoms with van der Waals surface area (Å²) in [6.45, 7) is 3.50. The van der Waals surface area contributed by atoms with E-state index in [4.69, 9.17) is 9.72 Å². The van der Waals surface area contributed by atoms with E-state index in [0.717, 1.165) is 65.4 Å². The average Bonchev–Trinajstić information content (AvgIpc) is 3.06. The number of hydrogen-bond acceptors (Lipinski definition) is 5. The predicted molar refractivity (Wildman–Crippen MR) is 111 cm³/mol. The summed E-state index contributed by atoms with van der Waals surface area (Å²) in [4.78, 5) is 20.9. The summed E-state index contributed by atoms with van der Waals surface area (Å²) in [6.07, 6.45) is 5.72. The summed E-state index contributed by atoms with van der Waals surface area (Å²) in [5, 5.41) is 5.49. The highest BCUT2D eigenvalue weighted by Gasteiger charge is 2.34. The second-order valence-electron chi connectivity index (χ2n) is 8.39. The maximum atomic E-state index is 13.9. The van der Waals surface area contributed by atoms with Gasteiger partial charge in [0, 0.05) is 43.6 Å². The molecule has 1 amide bonds. The zero-order valence-electron chi connectivity index (χ0n) is 16.7. The number of carbonyl (C=O) groups excluding carboxylic acids is 1. The van der Waals surface area contributed by atoms with Crippen LogP contribution in [0.25, 0.3) is 11.0 Å². The molecule has 0 radical (unpaired) electrons. The summed E-state index contributed by atoms with van der Waals surface area (Å²) in [5.74, 6) is 2.78. The van der Waals surface area contributed by atoms with E-state index in [1.807, 2.05) is 30.4 Å². The highest BCUT2D eigenvalue weighted by molar-refractivity contribution is 7.99. The first kappa shape index (κ1) is 18.4. The first-order valence-corrected chi connectivity index (χ1v) is 11.6. The Bertz CT molecular complexity index is 895. The van der Waals surface area contributed by atoms with Crippen LogP contribution in [0.15, 0.2) is 6.07 Å². The number of nitrogens with zero attached hydrogens (tertiary/aromatic N) is 4. The molecule has 3 fully saturated rings. The Hall–Kier alpha value is -1.60. The summed E-state index contributed by atoms with van der Waals surface area (Å²) in [7, 11) is 1.92. The molecule has 150 valence electrons. The van der Waals surface area contributed by atoms with Gasteiger partial charge in [-0.25, -0.2) is 4.98 Å². The van der Waals surface area contributed by atoms with E-state index in [9.17, 15) is 4.79 Å². The minimum Gasteiger partial charge on any atom is -0.376 e. The largest absolute Gasteiger partial charge is 0.376 e. The topological polar surface area (TPSA) is 60.2 Å². The molecular weight excluding hydrogens is 372 g/mol. The molecule has 0 aromatic carbocycles. The summed E-state index contributed by atoms with van der Waals surface area (Å²) in [5.41, 5.74) is 3.56. The van der Waals surface area contributed by atoms with Crippen LogP contribution in [0.2, 0.25) is 0 Å². The van der Waals surface area contributed by atoms with Crippen molar-refractivity contribution in [2.24, 2.45) is 7.05 Å². The quantitative estimate of drug-likeness (QED) is 0.771. The van der Waals surface area contributed by atoms with Gasteiger partial charge in [0.25, 0.3) is 5.91 Å². The van der Waals surface area contributed by atoms with Crippen molar-refractivity contribution in [2.45, 2.75) is 57.1 Å². The first-order chi connectivity index (χ1) is 13.6. The molecule has 2 aromatic heterocycles. The number of aryl methyl sites for hydroxylation is 2. The molecular formula is C21H28N4O2S. The van der Waals surface area contributed by atoms with Crippen LogP contribution in [0.1, 0.15) is 59.8 Å². The predicted octanol–water partition coefficient (Wildman–Crippen LogP) is 3.28. The molecule has 2 atom stereocenters. The maximum absolute atomic E-state index is 13.9. The van der Waals surface area contributed by atoms with E-state index in [-0.39, 0.29) is 12.0 Å². The highest BCUT2D eigenvalue weighted by atomic mass is 32.2. The monoisotopic (exact) mass is 400 g/mol. The Labute approximate surface area is 170 Å². The Balaban J connectivity index is 1.56. The van der Waals surface area contributed by atoms with E-state index < -0.39 is 0 Å². The number of thioether (sulfide) groups is 1. The maximum Gasteiger partial charge on any atom is 0.255 e. The minimum absolute atomic E-state index is 0.133. The van der Waals surface area contributed by atoms with E-state index >= 15 is 0 Å². The normalized spacial score (nSPS) is 24.9. The van der Waals surface area contributed by atoms with Crippen LogP contribution in [0.5, 0.6) is 0 Å². The van der Waals surface area contributed by atoms with Crippen LogP contribution in [0, 0.1) is 6.92 Å². The minimum atomic E-state index is 0.133. The lowest BCUT2D eigenvalue weighted by Gasteiger charge is -2.31. The van der Waals surface area contributed by atoms with Crippen molar-refractivity contribution < 1.29 is 9.53 Å². The van der Waals surface area contributed by atoms with Gasteiger partial charge in [-0.1, -0.05) is 0 Å². The van der Waals surface area contributed by atoms with Crippen LogP contribution in [0.4, 0.5) is 0 Å². The molecule has 7 heteroatoms. The van der Waals surface area contributed by atoms with Crippen molar-refractivity contribution in [2.75, 3.05) is 24.7 Å². The molecule has 1 saturated carbocycles. The fraction of sp³-hybridized carbons (Fsp3) is 0.667. The molecule has 5 rings (SSSR count). The number of amides is 1. The number of pyridine rings is 1. The fourth-order valence-corrected chi connectivity index (χ4v) is 5.77. The first-order valence-electron chi connectivity index (χ1n) is 10.5. The number of aromatic nitrogens is 3. The summed E-state index contributed by atoms with van der Waals surface area (Å²) in [6, 6.07) is 2.35. The summed E-state index contributed by atoms with van der Waals surface area (Å²) >= 11 is 1.95. The van der Waals surface area contributed by atoms with Gasteiger partial charge in [-0.15, -0.1) is 0 Å². The molecule has 28 heavy (non-hydrogen) atoms. The van der Waals surface area contributed by atoms with E-state index in [0.29, 0.717) is 18.5 Å². The molecule has 4 heterocycles. The molecule has 2 aliphatic heterocycles. The number of ether oxygens (including phenoxy) is 1. The lowest BCUT2D eigenvalue weighted by molar-refractivity contribution is 0.0443. The molecule has 2 aromatic rings. The van der Waals surface area contributed by atoms with E-state index in [2.05, 4.69) is 16.1 Å². The van der Waals surface area contributed by atoms with Crippen LogP contribution in [-0.4, -0.2) is 62.4 Å². The van der Waals surface area contributed by atoms with Gasteiger partial charge in [-0.2, -0.15) is 16.9 Å². The van der Waals surface area contributed by atoms with Gasteiger partial charge in [-0.05, 0) is 50.8 Å². The number of carbonyl (C=O) groups is 1. The van der Waals surface area contributed by atoms with E-state index in [1.54, 1.807) is 0 Å². The second kappa shape index (κ2) is 7.34. The van der Waals surface area contributed by atoms with Crippen molar-refractivity contribution >= 4 is 28.7 Å². The van der Waals surface area contributed by atoms with Crippen molar-refractivity contribution in [3.63, 3.8) is 0 Å². The SMILES string of the molecule is Cc1nn(C)c2nc(C3CC3)cc(C(=O)N(CC3CCCO3)C3CCSC3)c12. The molecule has 2 unspecified atom stereocenters. The summed E-state index contributed by atoms with van der Waals surface area (Å²) < 4.78 is 7.71. The lowest BCUT2D eigenvalue weighted by atomic mass is 10.0. The number of hydrogen-bond donors (Lipinski definition) is 0. The number of fused-ring (bicyclic) bond motifs is 1. The second-order valence-corrected chi connectivity index (χ2v) is 9.54. The van der Waals surface area contributed by atoms with Gasteiger partial charge >= 0.3 is 0 Å². The smallest absolute Gasteiger partial charge is 0.255 e. The van der Waals surface area contributed by atoms with Gasteiger partial charge in [0.2, 0.25) is 0 Å². The molecule has 3 aliphatic rings. The zero-order valence-corrected chi connectivity index (χ0v) is 17.5. The third-order valence-electron chi connectivity index (χ3n) is 6.25. The van der Waals surface area contributed by atoms with Crippen molar-refractivity contribution in [3.8, 4) is 0 Å². The van der Waals surface area contributed by atoms with Gasteiger partial charge in [0.1, 0.15) is 0 Å². The van der Waals surface area contributed by atoms with Gasteiger partial charge in [-0.3, -0.25) is 9.48 Å². The van der Waals surface area contributed by atoms with Crippen LogP contribution < -0.4 is 0 Å². The van der Waals surface area contributed by atoms with Gasteiger partial charge in [0.05, 0.1) is 22.7 Å².